The van der Waals surface area contributed by atoms with Crippen molar-refractivity contribution in [3.63, 3.8) is 0 Å². The summed E-state index contributed by atoms with van der Waals surface area (Å²) in [5, 5.41) is 7.99. The van der Waals surface area contributed by atoms with Crippen molar-refractivity contribution in [1.29, 1.82) is 0 Å². The summed E-state index contributed by atoms with van der Waals surface area (Å²) in [5.41, 5.74) is 6.20. The molecule has 6 aromatic carbocycles. The van der Waals surface area contributed by atoms with E-state index in [1.54, 1.807) is 6.08 Å². The molecule has 0 saturated carbocycles. The molecule has 9 aromatic rings. The third kappa shape index (κ3) is 3.94. The smallest absolute Gasteiger partial charge is 0.263 e. The second-order valence-corrected chi connectivity index (χ2v) is 11.8. The van der Waals surface area contributed by atoms with E-state index in [-0.39, 0.29) is 5.56 Å². The summed E-state index contributed by atoms with van der Waals surface area (Å²) in [7, 11) is 0. The van der Waals surface area contributed by atoms with Crippen LogP contribution in [-0.2, 0) is 0 Å². The predicted octanol–water partition coefficient (Wildman–Crippen LogP) is 10.1. The predicted molar refractivity (Wildman–Crippen MR) is 200 cm³/mol. The summed E-state index contributed by atoms with van der Waals surface area (Å²) >= 11 is 0. The highest BCUT2D eigenvalue weighted by Crippen LogP contribution is 2.40. The first-order valence-corrected chi connectivity index (χ1v) is 15.9. The molecule has 0 spiro atoms. The number of pyridine rings is 1. The van der Waals surface area contributed by atoms with Crippen LogP contribution in [0.4, 0.5) is 0 Å². The average Bonchev–Trinajstić information content (AvgIpc) is 3.48. The third-order valence-corrected chi connectivity index (χ3v) is 9.28. The van der Waals surface area contributed by atoms with Crippen LogP contribution in [0.3, 0.4) is 0 Å². The first-order valence-electron chi connectivity index (χ1n) is 15.9. The van der Waals surface area contributed by atoms with Gasteiger partial charge in [0.25, 0.3) is 5.56 Å². The maximum Gasteiger partial charge on any atom is 0.263 e. The van der Waals surface area contributed by atoms with E-state index < -0.39 is 0 Å². The summed E-state index contributed by atoms with van der Waals surface area (Å²) in [6.07, 6.45) is 5.49. The topological polar surface area (TPSA) is 52.7 Å². The van der Waals surface area contributed by atoms with Crippen LogP contribution < -0.4 is 5.56 Å². The van der Waals surface area contributed by atoms with Crippen molar-refractivity contribution in [2.75, 3.05) is 0 Å². The Labute approximate surface area is 275 Å². The molecule has 0 amide bonds. The molecule has 0 bridgehead atoms. The summed E-state index contributed by atoms with van der Waals surface area (Å²) < 4.78 is 3.99. The zero-order valence-corrected chi connectivity index (χ0v) is 26.0. The van der Waals surface area contributed by atoms with Gasteiger partial charge in [-0.25, -0.2) is 9.97 Å². The lowest BCUT2D eigenvalue weighted by Gasteiger charge is -2.16. The first kappa shape index (κ1) is 27.7. The van der Waals surface area contributed by atoms with Crippen molar-refractivity contribution < 1.29 is 0 Å². The molecule has 3 heterocycles. The van der Waals surface area contributed by atoms with Crippen LogP contribution in [-0.4, -0.2) is 19.1 Å². The average molecular weight is 617 g/mol. The minimum atomic E-state index is -0.0324. The lowest BCUT2D eigenvalue weighted by atomic mass is 9.96. The van der Waals surface area contributed by atoms with Gasteiger partial charge in [-0.2, -0.15) is 0 Å². The Balaban J connectivity index is 1.43. The first-order chi connectivity index (χ1) is 23.7. The maximum atomic E-state index is 14.0. The fourth-order valence-electron chi connectivity index (χ4n) is 7.25. The lowest BCUT2D eigenvalue weighted by molar-refractivity contribution is 1.00. The Kier molecular flexibility index (Phi) is 6.20. The number of aromatic nitrogens is 4. The molecule has 226 valence electrons. The molecule has 48 heavy (non-hydrogen) atoms. The molecular weight excluding hydrogens is 589 g/mol. The van der Waals surface area contributed by atoms with Crippen molar-refractivity contribution in [2.24, 2.45) is 0 Å². The molecule has 0 saturated heterocycles. The molecule has 0 aliphatic carbocycles. The normalized spacial score (nSPS) is 12.1. The Bertz CT molecular complexity index is 2890. The molecule has 0 N–H and O–H groups in total. The van der Waals surface area contributed by atoms with E-state index in [1.807, 2.05) is 89.5 Å². The second-order valence-electron chi connectivity index (χ2n) is 11.8. The Morgan fingerprint density at radius 1 is 0.542 bits per heavy atom. The number of hydrogen-bond donors (Lipinski definition) is 0. The summed E-state index contributed by atoms with van der Waals surface area (Å²) in [6.45, 7) is 7.98. The number of hydrogen-bond acceptors (Lipinski definition) is 3. The van der Waals surface area contributed by atoms with Gasteiger partial charge in [-0.1, -0.05) is 116 Å². The number of benzene rings is 6. The summed E-state index contributed by atoms with van der Waals surface area (Å²) in [5.74, 6) is 0.579. The fourth-order valence-corrected chi connectivity index (χ4v) is 7.25. The van der Waals surface area contributed by atoms with Crippen molar-refractivity contribution in [3.05, 3.63) is 175 Å². The highest BCUT2D eigenvalue weighted by Gasteiger charge is 2.21. The molecule has 3 aromatic heterocycles. The molecule has 0 aliphatic heterocycles. The highest BCUT2D eigenvalue weighted by molar-refractivity contribution is 6.28. The lowest BCUT2D eigenvalue weighted by Crippen LogP contribution is -2.19. The van der Waals surface area contributed by atoms with E-state index in [9.17, 15) is 4.79 Å². The summed E-state index contributed by atoms with van der Waals surface area (Å²) in [6, 6.07) is 42.8. The van der Waals surface area contributed by atoms with E-state index in [0.717, 1.165) is 76.7 Å². The standard InChI is InChI=1S/C43H28N4O/c1-3-14-27(4-2)41-33-19-10-12-21-35(33)44-43(45-41)47-36-22-13-11-20-34(36)40-31-23-25-37-39(30(31)24-26-38(40)47)29-17-8-9-18-32(29)42(48)46(37)28-15-6-5-7-16-28/h3-26H,1-2H2/b27-14+. The van der Waals surface area contributed by atoms with Gasteiger partial charge in [0, 0.05) is 38.2 Å². The third-order valence-electron chi connectivity index (χ3n) is 9.28. The zero-order chi connectivity index (χ0) is 32.4. The highest BCUT2D eigenvalue weighted by atomic mass is 16.1. The molecular formula is C43H28N4O. The number of fused-ring (bicyclic) bond motifs is 10. The van der Waals surface area contributed by atoms with Crippen molar-refractivity contribution >= 4 is 70.7 Å². The monoisotopic (exact) mass is 616 g/mol. The maximum absolute atomic E-state index is 14.0. The van der Waals surface area contributed by atoms with Gasteiger partial charge in [-0.05, 0) is 58.6 Å². The number of allylic oxidation sites excluding steroid dienone is 4. The molecule has 5 heteroatoms. The van der Waals surface area contributed by atoms with Crippen molar-refractivity contribution in [3.8, 4) is 11.6 Å². The van der Waals surface area contributed by atoms with Gasteiger partial charge >= 0.3 is 0 Å². The second kappa shape index (κ2) is 10.7. The van der Waals surface area contributed by atoms with Crippen LogP contribution in [0.1, 0.15) is 5.69 Å². The largest absolute Gasteiger partial charge is 0.278 e. The van der Waals surface area contributed by atoms with Gasteiger partial charge < -0.3 is 0 Å². The Morgan fingerprint density at radius 2 is 1.12 bits per heavy atom. The van der Waals surface area contributed by atoms with Gasteiger partial charge in [0.05, 0.1) is 27.8 Å². The molecule has 0 fully saturated rings. The van der Waals surface area contributed by atoms with E-state index in [2.05, 4.69) is 72.3 Å². The van der Waals surface area contributed by atoms with Crippen LogP contribution in [0.2, 0.25) is 0 Å². The van der Waals surface area contributed by atoms with Crippen LogP contribution in [0, 0.1) is 0 Å². The molecule has 0 radical (unpaired) electrons. The quantitative estimate of drug-likeness (QED) is 0.143. The van der Waals surface area contributed by atoms with E-state index in [1.165, 1.54) is 0 Å². The Morgan fingerprint density at radius 3 is 1.85 bits per heavy atom. The number of rotatable bonds is 5. The molecule has 0 aliphatic rings. The van der Waals surface area contributed by atoms with Crippen molar-refractivity contribution in [1.82, 2.24) is 19.1 Å². The number of nitrogens with zero attached hydrogens (tertiary/aromatic N) is 4. The van der Waals surface area contributed by atoms with Gasteiger partial charge in [0.15, 0.2) is 0 Å². The minimum absolute atomic E-state index is 0.0324. The molecule has 0 atom stereocenters. The van der Waals surface area contributed by atoms with Crippen molar-refractivity contribution in [2.45, 2.75) is 0 Å². The van der Waals surface area contributed by atoms with Gasteiger partial charge in [0.1, 0.15) is 0 Å². The van der Waals surface area contributed by atoms with E-state index >= 15 is 0 Å². The molecule has 0 unspecified atom stereocenters. The molecule has 5 nitrogen and oxygen atoms in total. The van der Waals surface area contributed by atoms with Crippen LogP contribution in [0.15, 0.2) is 164 Å². The molecule has 9 rings (SSSR count). The Hall–Kier alpha value is -6.59. The van der Waals surface area contributed by atoms with Crippen LogP contribution in [0.25, 0.3) is 82.4 Å². The van der Waals surface area contributed by atoms with E-state index in [0.29, 0.717) is 11.3 Å². The van der Waals surface area contributed by atoms with Crippen LogP contribution in [0.5, 0.6) is 0 Å². The number of para-hydroxylation sites is 3. The van der Waals surface area contributed by atoms with E-state index in [4.69, 9.17) is 9.97 Å². The van der Waals surface area contributed by atoms with Crippen LogP contribution >= 0.6 is 0 Å². The van der Waals surface area contributed by atoms with Gasteiger partial charge in [-0.3, -0.25) is 13.9 Å². The SMILES string of the molecule is C=C/C=C(\C=C)c1nc(-n2c3ccccc3c3c4ccc5c(c6ccccc6c(=O)n5-c5ccccc5)c4ccc32)nc2ccccc12. The van der Waals surface area contributed by atoms with Gasteiger partial charge in [0.2, 0.25) is 5.95 Å². The minimum Gasteiger partial charge on any atom is -0.278 e. The fraction of sp³-hybridized carbons (Fsp3) is 0. The van der Waals surface area contributed by atoms with Gasteiger partial charge in [-0.15, -0.1) is 0 Å². The zero-order valence-electron chi connectivity index (χ0n) is 26.0. The summed E-state index contributed by atoms with van der Waals surface area (Å²) in [4.78, 5) is 24.3.